The van der Waals surface area contributed by atoms with Crippen LogP contribution in [0.15, 0.2) is 47.6 Å². The van der Waals surface area contributed by atoms with Crippen molar-refractivity contribution in [2.24, 2.45) is 5.73 Å². The highest BCUT2D eigenvalue weighted by molar-refractivity contribution is 7.99. The zero-order chi connectivity index (χ0) is 51.8. The van der Waals surface area contributed by atoms with Crippen LogP contribution in [0.5, 0.6) is 11.5 Å². The maximum atomic E-state index is 14.0. The standard InChI is InChI=1S/C39H56N8O14S3.2C2H6/c1-47(2)16-18-62-17-14-32(50)41-15-6-5-7-27(44-33(51)12-9-24-8-11-30(48)31(49)19-24)36(53)46-29(22-63-34-13-10-25(20-42-34)38(55)60-3)37(54)45-28(39(56)61-4)21-43-35(52)26(40)23-64(57,58)59;2*1-2/h8-13,19-20,26-29,48-49H,5-7,14-18,21-23,40H2,1-4H3,(H,41,50)(H,43,52)(H,44,51)(H,45,54)(H,46,53)(H,57,58,59);2*1-2H3/b12-9+;;/t26?,27?,28?,29-;;/m0../s1. The number of amides is 5. The topological polar surface area (TPSA) is 335 Å². The van der Waals surface area contributed by atoms with E-state index in [1.807, 2.05) is 46.7 Å². The lowest BCUT2D eigenvalue weighted by atomic mass is 10.1. The number of nitrogens with one attached hydrogen (secondary N) is 5. The molecule has 0 radical (unpaired) electrons. The minimum Gasteiger partial charge on any atom is -0.504 e. The Hall–Kier alpha value is -5.47. The normalized spacial score (nSPS) is 12.6. The van der Waals surface area contributed by atoms with Gasteiger partial charge in [-0.2, -0.15) is 20.2 Å². The molecule has 0 bridgehead atoms. The monoisotopic (exact) mass is 1020 g/mol. The van der Waals surface area contributed by atoms with Crippen molar-refractivity contribution >= 4 is 81.2 Å². The number of aromatic nitrogens is 1. The first-order chi connectivity index (χ1) is 32.2. The molecule has 0 aliphatic heterocycles. The first-order valence-electron chi connectivity index (χ1n) is 21.6. The van der Waals surface area contributed by atoms with Crippen LogP contribution in [0, 0.1) is 0 Å². The molecule has 1 heterocycles. The third kappa shape index (κ3) is 26.8. The number of methoxy groups -OCH3 is 2. The predicted molar refractivity (Wildman–Crippen MR) is 260 cm³/mol. The molecule has 22 nitrogen and oxygen atoms in total. The Labute approximate surface area is 406 Å². The molecule has 0 saturated heterocycles. The number of pyridine rings is 1. The number of unbranched alkanes of at least 4 members (excludes halogenated alkanes) is 1. The number of benzene rings is 1. The third-order valence-corrected chi connectivity index (χ3v) is 11.4. The summed E-state index contributed by atoms with van der Waals surface area (Å²) < 4.78 is 40.9. The van der Waals surface area contributed by atoms with Gasteiger partial charge in [0.05, 0.1) is 30.6 Å². The van der Waals surface area contributed by atoms with E-state index >= 15 is 0 Å². The van der Waals surface area contributed by atoms with Crippen LogP contribution in [0.3, 0.4) is 0 Å². The Morgan fingerprint density at radius 2 is 1.50 bits per heavy atom. The van der Waals surface area contributed by atoms with Gasteiger partial charge in [-0.25, -0.2) is 14.6 Å². The van der Waals surface area contributed by atoms with E-state index in [2.05, 4.69) is 31.6 Å². The van der Waals surface area contributed by atoms with Crippen LogP contribution in [-0.4, -0.2) is 170 Å². The summed E-state index contributed by atoms with van der Waals surface area (Å²) in [5.74, 6) is -6.14. The third-order valence-electron chi connectivity index (χ3n) is 8.66. The van der Waals surface area contributed by atoms with E-state index in [4.69, 9.17) is 19.8 Å². The maximum absolute atomic E-state index is 14.0. The Morgan fingerprint density at radius 3 is 2.09 bits per heavy atom. The smallest absolute Gasteiger partial charge is 0.339 e. The number of thioether (sulfide) groups is 2. The fraction of sp³-hybridized carbons (Fsp3) is 0.535. The summed E-state index contributed by atoms with van der Waals surface area (Å²) in [7, 11) is 1.47. The molecule has 4 atom stereocenters. The summed E-state index contributed by atoms with van der Waals surface area (Å²) in [5, 5.41) is 32.4. The van der Waals surface area contributed by atoms with E-state index in [-0.39, 0.29) is 35.9 Å². The molecule has 1 aromatic carbocycles. The zero-order valence-electron chi connectivity index (χ0n) is 39.7. The van der Waals surface area contributed by atoms with E-state index in [0.29, 0.717) is 35.6 Å². The molecule has 25 heteroatoms. The predicted octanol–water partition coefficient (Wildman–Crippen LogP) is 1.07. The van der Waals surface area contributed by atoms with Crippen molar-refractivity contribution in [2.75, 3.05) is 71.0 Å². The fourth-order valence-electron chi connectivity index (χ4n) is 5.18. The Morgan fingerprint density at radius 1 is 0.838 bits per heavy atom. The average molecular weight is 1020 g/mol. The fourth-order valence-corrected chi connectivity index (χ4v) is 7.68. The number of nitrogens with two attached hydrogens (primary N) is 1. The molecule has 2 aromatic rings. The minimum atomic E-state index is -4.64. The lowest BCUT2D eigenvalue weighted by Crippen LogP contribution is -2.58. The van der Waals surface area contributed by atoms with E-state index in [1.54, 1.807) is 11.8 Å². The summed E-state index contributed by atoms with van der Waals surface area (Å²) in [6.45, 7) is 8.51. The number of phenols is 2. The summed E-state index contributed by atoms with van der Waals surface area (Å²) in [6.07, 6.45) is 4.72. The summed E-state index contributed by atoms with van der Waals surface area (Å²) in [5.41, 5.74) is 6.02. The summed E-state index contributed by atoms with van der Waals surface area (Å²) in [6, 6.07) is 0.648. The number of rotatable bonds is 28. The highest BCUT2D eigenvalue weighted by Gasteiger charge is 2.31. The summed E-state index contributed by atoms with van der Waals surface area (Å²) >= 11 is 2.62. The molecule has 0 spiro atoms. The number of ether oxygens (including phenoxy) is 2. The van der Waals surface area contributed by atoms with E-state index in [1.165, 1.54) is 49.7 Å². The van der Waals surface area contributed by atoms with Gasteiger partial charge in [0.25, 0.3) is 10.1 Å². The summed E-state index contributed by atoms with van der Waals surface area (Å²) in [4.78, 5) is 96.8. The van der Waals surface area contributed by atoms with Gasteiger partial charge in [-0.15, -0.1) is 11.8 Å². The van der Waals surface area contributed by atoms with Crippen LogP contribution in [0.2, 0.25) is 0 Å². The largest absolute Gasteiger partial charge is 0.504 e. The zero-order valence-corrected chi connectivity index (χ0v) is 42.2. The molecule has 10 N–H and O–H groups in total. The van der Waals surface area contributed by atoms with Gasteiger partial charge in [-0.3, -0.25) is 28.5 Å². The van der Waals surface area contributed by atoms with Gasteiger partial charge in [0.2, 0.25) is 29.5 Å². The minimum absolute atomic E-state index is 0.0281. The van der Waals surface area contributed by atoms with Crippen LogP contribution in [0.1, 0.15) is 69.3 Å². The van der Waals surface area contributed by atoms with Gasteiger partial charge < -0.3 is 56.9 Å². The highest BCUT2D eigenvalue weighted by Crippen LogP contribution is 2.25. The van der Waals surface area contributed by atoms with Gasteiger partial charge in [0.1, 0.15) is 24.2 Å². The quantitative estimate of drug-likeness (QED) is 0.0144. The Bertz CT molecular complexity index is 2040. The maximum Gasteiger partial charge on any atom is 0.339 e. The number of hydrogen-bond acceptors (Lipinski definition) is 18. The first kappa shape index (κ1) is 62.5. The van der Waals surface area contributed by atoms with E-state index < -0.39 is 87.9 Å². The molecule has 5 amide bonds. The van der Waals surface area contributed by atoms with Crippen molar-refractivity contribution < 1.29 is 66.2 Å². The molecule has 0 aliphatic rings. The molecule has 2 rings (SSSR count). The first-order valence-corrected chi connectivity index (χ1v) is 25.3. The number of phenolic OH excluding ortho intramolecular Hbond substituents is 2. The lowest BCUT2D eigenvalue weighted by Gasteiger charge is -2.25. The van der Waals surface area contributed by atoms with Gasteiger partial charge in [0, 0.05) is 55.6 Å². The number of carbonyl (C=O) groups excluding carboxylic acids is 7. The van der Waals surface area contributed by atoms with Crippen LogP contribution >= 0.6 is 23.5 Å². The highest BCUT2D eigenvalue weighted by atomic mass is 32.2. The van der Waals surface area contributed by atoms with Crippen molar-refractivity contribution in [3.63, 3.8) is 0 Å². The van der Waals surface area contributed by atoms with Crippen LogP contribution in [0.4, 0.5) is 0 Å². The van der Waals surface area contributed by atoms with Gasteiger partial charge in [-0.1, -0.05) is 33.8 Å². The number of carbonyl (C=O) groups is 7. The van der Waals surface area contributed by atoms with Crippen molar-refractivity contribution in [3.8, 4) is 11.5 Å². The van der Waals surface area contributed by atoms with E-state index in [0.717, 1.165) is 37.2 Å². The SMILES string of the molecule is CC.CC.COC(=O)c1ccc(SC[C@H](NC(=O)C(CCCCNC(=O)CCSCCN(C)C)NC(=O)/C=C/c2ccc(O)c(O)c2)C(=O)NC(CNC(=O)C(N)CS(=O)(=O)O)C(=O)OC)nc1. The van der Waals surface area contributed by atoms with Crippen molar-refractivity contribution in [1.82, 2.24) is 36.5 Å². The number of hydrogen-bond donors (Lipinski definition) is 9. The molecule has 0 fully saturated rings. The second-order valence-corrected chi connectivity index (χ2v) is 17.8. The van der Waals surface area contributed by atoms with Crippen LogP contribution in [-0.2, 0) is 48.4 Å². The van der Waals surface area contributed by atoms with Crippen molar-refractivity contribution in [2.45, 2.75) is 82.6 Å². The molecular weight excluding hydrogens is 949 g/mol. The molecule has 1 aromatic heterocycles. The van der Waals surface area contributed by atoms with Crippen molar-refractivity contribution in [3.05, 3.63) is 53.7 Å². The second-order valence-electron chi connectivity index (χ2n) is 14.1. The number of aromatic hydroxyl groups is 2. The molecule has 382 valence electrons. The molecule has 3 unspecified atom stereocenters. The van der Waals surface area contributed by atoms with Gasteiger partial charge >= 0.3 is 11.9 Å². The number of nitrogens with zero attached hydrogens (tertiary/aromatic N) is 2. The van der Waals surface area contributed by atoms with Crippen molar-refractivity contribution in [1.29, 1.82) is 0 Å². The Balaban J connectivity index is 0.0000109. The van der Waals surface area contributed by atoms with Crippen LogP contribution in [0.25, 0.3) is 6.08 Å². The molecule has 0 aliphatic carbocycles. The van der Waals surface area contributed by atoms with Gasteiger partial charge in [0.15, 0.2) is 11.5 Å². The lowest BCUT2D eigenvalue weighted by molar-refractivity contribution is -0.145. The average Bonchev–Trinajstić information content (AvgIpc) is 3.31. The van der Waals surface area contributed by atoms with E-state index in [9.17, 15) is 52.2 Å². The van der Waals surface area contributed by atoms with Crippen LogP contribution < -0.4 is 32.3 Å². The molecule has 0 saturated carbocycles. The number of esters is 2. The second kappa shape index (κ2) is 34.8. The van der Waals surface area contributed by atoms with Gasteiger partial charge in [-0.05, 0) is 69.3 Å². The molecule has 68 heavy (non-hydrogen) atoms. The molecular formula is C43H68N8O14S3. The Kier molecular flexibility index (Phi) is 32.0.